The van der Waals surface area contributed by atoms with Crippen LogP contribution in [-0.2, 0) is 14.8 Å². The molecule has 2 fully saturated rings. The summed E-state index contributed by atoms with van der Waals surface area (Å²) in [4.78, 5) is 37.0. The van der Waals surface area contributed by atoms with E-state index < -0.39 is 21.5 Å². The molecular formula is C31H47N7O5S. The molecular weight excluding hydrogens is 582 g/mol. The lowest BCUT2D eigenvalue weighted by atomic mass is 9.98. The Bertz CT molecular complexity index is 1370. The van der Waals surface area contributed by atoms with E-state index in [1.165, 1.54) is 22.6 Å². The Morgan fingerprint density at radius 3 is 2.43 bits per heavy atom. The average molecular weight is 630 g/mol. The fourth-order valence-corrected chi connectivity index (χ4v) is 6.79. The number of aromatic nitrogens is 2. The summed E-state index contributed by atoms with van der Waals surface area (Å²) in [7, 11) is -3.57. The Balaban J connectivity index is 1.45. The van der Waals surface area contributed by atoms with Crippen LogP contribution in [-0.4, -0.2) is 84.5 Å². The van der Waals surface area contributed by atoms with Crippen molar-refractivity contribution in [3.05, 3.63) is 36.0 Å². The van der Waals surface area contributed by atoms with Gasteiger partial charge in [-0.1, -0.05) is 19.8 Å². The van der Waals surface area contributed by atoms with Crippen LogP contribution in [0.1, 0.15) is 83.0 Å². The zero-order chi connectivity index (χ0) is 31.7. The highest BCUT2D eigenvalue weighted by molar-refractivity contribution is 7.89. The fraction of sp³-hybridized carbons (Fsp3) is 0.613. The highest BCUT2D eigenvalue weighted by Gasteiger charge is 2.29. The summed E-state index contributed by atoms with van der Waals surface area (Å²) in [5.74, 6) is 0.533. The van der Waals surface area contributed by atoms with Crippen LogP contribution < -0.4 is 16.0 Å². The number of rotatable bonds is 11. The first-order valence-corrected chi connectivity index (χ1v) is 17.1. The van der Waals surface area contributed by atoms with Gasteiger partial charge in [0.2, 0.25) is 16.0 Å². The van der Waals surface area contributed by atoms with E-state index in [-0.39, 0.29) is 22.5 Å². The summed E-state index contributed by atoms with van der Waals surface area (Å²) in [5, 5.41) is 9.40. The fourth-order valence-electron chi connectivity index (χ4n) is 5.27. The molecule has 2 aliphatic heterocycles. The molecule has 3 heterocycles. The van der Waals surface area contributed by atoms with Crippen LogP contribution in [0.2, 0.25) is 0 Å². The van der Waals surface area contributed by atoms with Gasteiger partial charge < -0.3 is 25.6 Å². The molecule has 0 bridgehead atoms. The van der Waals surface area contributed by atoms with Crippen molar-refractivity contribution in [2.75, 3.05) is 55.2 Å². The number of amides is 2. The number of carbonyl (C=O) groups excluding carboxylic acids is 2. The molecule has 2 saturated heterocycles. The lowest BCUT2D eigenvalue weighted by Crippen LogP contribution is -2.44. The number of nitrogens with one attached hydrogen (secondary N) is 3. The van der Waals surface area contributed by atoms with Crippen LogP contribution in [0.5, 0.6) is 0 Å². The van der Waals surface area contributed by atoms with Gasteiger partial charge in [0.1, 0.15) is 17.0 Å². The summed E-state index contributed by atoms with van der Waals surface area (Å²) >= 11 is 0. The molecule has 0 aliphatic carbocycles. The van der Waals surface area contributed by atoms with Gasteiger partial charge in [-0.25, -0.2) is 18.2 Å². The number of carbonyl (C=O) groups is 2. The number of benzene rings is 1. The highest BCUT2D eigenvalue weighted by Crippen LogP contribution is 2.24. The predicted octanol–water partition coefficient (Wildman–Crippen LogP) is 5.17. The second kappa shape index (κ2) is 15.0. The number of nitrogens with zero attached hydrogens (tertiary/aromatic N) is 4. The number of likely N-dealkylation sites (tertiary alicyclic amines) is 1. The van der Waals surface area contributed by atoms with Crippen LogP contribution in [0.3, 0.4) is 0 Å². The minimum atomic E-state index is -3.57. The van der Waals surface area contributed by atoms with Crippen molar-refractivity contribution in [2.45, 2.75) is 83.1 Å². The predicted molar refractivity (Wildman–Crippen MR) is 171 cm³/mol. The van der Waals surface area contributed by atoms with E-state index in [1.807, 2.05) is 20.8 Å². The Morgan fingerprint density at radius 2 is 1.75 bits per heavy atom. The molecule has 2 amide bonds. The first-order valence-electron chi connectivity index (χ1n) is 15.7. The molecule has 1 aromatic carbocycles. The number of sulfonamides is 1. The summed E-state index contributed by atoms with van der Waals surface area (Å²) in [6.45, 7) is 11.1. The van der Waals surface area contributed by atoms with Crippen LogP contribution >= 0.6 is 0 Å². The monoisotopic (exact) mass is 629 g/mol. The molecule has 44 heavy (non-hydrogen) atoms. The van der Waals surface area contributed by atoms with Gasteiger partial charge in [0.15, 0.2) is 0 Å². The number of anilines is 3. The summed E-state index contributed by atoms with van der Waals surface area (Å²) in [5.41, 5.74) is 0.161. The third-order valence-electron chi connectivity index (χ3n) is 7.64. The van der Waals surface area contributed by atoms with Gasteiger partial charge in [-0.05, 0) is 83.1 Å². The number of hydrogen-bond donors (Lipinski definition) is 3. The van der Waals surface area contributed by atoms with Crippen molar-refractivity contribution in [1.29, 1.82) is 0 Å². The van der Waals surface area contributed by atoms with Crippen LogP contribution in [0.15, 0.2) is 35.4 Å². The standard InChI is InChI=1S/C31H47N7O5S/c1-5-6-16-32-29-34-21-26(27(36-29)33-20-23-11-10-17-37(22-23)30(40)43-31(2,3)4)28(39)35-24-12-14-25(15-13-24)44(41,42)38-18-8-7-9-19-38/h12-15,21,23H,5-11,16-20,22H2,1-4H3,(H,35,39)(H2,32,33,34,36). The van der Waals surface area contributed by atoms with E-state index in [4.69, 9.17) is 4.74 Å². The zero-order valence-corrected chi connectivity index (χ0v) is 27.2. The van der Waals surface area contributed by atoms with E-state index in [0.29, 0.717) is 56.7 Å². The second-order valence-electron chi connectivity index (χ2n) is 12.5. The van der Waals surface area contributed by atoms with E-state index in [9.17, 15) is 18.0 Å². The van der Waals surface area contributed by atoms with E-state index >= 15 is 0 Å². The third kappa shape index (κ3) is 9.28. The van der Waals surface area contributed by atoms with E-state index in [2.05, 4.69) is 32.8 Å². The van der Waals surface area contributed by atoms with Crippen molar-refractivity contribution in [1.82, 2.24) is 19.2 Å². The maximum atomic E-state index is 13.4. The highest BCUT2D eigenvalue weighted by atomic mass is 32.2. The molecule has 13 heteroatoms. The molecule has 2 aliphatic rings. The lowest BCUT2D eigenvalue weighted by Gasteiger charge is -2.34. The molecule has 12 nitrogen and oxygen atoms in total. The van der Waals surface area contributed by atoms with Gasteiger partial charge >= 0.3 is 6.09 Å². The lowest BCUT2D eigenvalue weighted by molar-refractivity contribution is 0.0172. The van der Waals surface area contributed by atoms with E-state index in [1.54, 1.807) is 17.0 Å². The summed E-state index contributed by atoms with van der Waals surface area (Å²) < 4.78 is 33.1. The number of hydrogen-bond acceptors (Lipinski definition) is 9. The normalized spacial score (nSPS) is 18.0. The van der Waals surface area contributed by atoms with Crippen molar-refractivity contribution in [3.63, 3.8) is 0 Å². The van der Waals surface area contributed by atoms with Crippen molar-refractivity contribution < 1.29 is 22.7 Å². The molecule has 242 valence electrons. The van der Waals surface area contributed by atoms with Crippen LogP contribution in [0.4, 0.5) is 22.2 Å². The molecule has 0 spiro atoms. The van der Waals surface area contributed by atoms with Crippen LogP contribution in [0, 0.1) is 5.92 Å². The quantitative estimate of drug-likeness (QED) is 0.286. The van der Waals surface area contributed by atoms with Gasteiger partial charge in [-0.15, -0.1) is 0 Å². The summed E-state index contributed by atoms with van der Waals surface area (Å²) in [6.07, 6.45) is 7.70. The Kier molecular flexibility index (Phi) is 11.4. The molecule has 1 atom stereocenters. The third-order valence-corrected chi connectivity index (χ3v) is 9.55. The molecule has 0 saturated carbocycles. The van der Waals surface area contributed by atoms with Gasteiger partial charge in [0, 0.05) is 51.2 Å². The smallest absolute Gasteiger partial charge is 0.410 e. The largest absolute Gasteiger partial charge is 0.444 e. The number of piperidine rings is 2. The minimum Gasteiger partial charge on any atom is -0.444 e. The van der Waals surface area contributed by atoms with Gasteiger partial charge in [0.25, 0.3) is 5.91 Å². The molecule has 1 aromatic heterocycles. The van der Waals surface area contributed by atoms with Crippen molar-refractivity contribution in [3.8, 4) is 0 Å². The zero-order valence-electron chi connectivity index (χ0n) is 26.4. The number of unbranched alkanes of at least 4 members (excludes halogenated alkanes) is 1. The Labute approximate surface area is 261 Å². The number of ether oxygens (including phenoxy) is 1. The molecule has 1 unspecified atom stereocenters. The molecule has 0 radical (unpaired) electrons. The maximum absolute atomic E-state index is 13.4. The first kappa shape index (κ1) is 33.4. The average Bonchev–Trinajstić information content (AvgIpc) is 3.00. The van der Waals surface area contributed by atoms with Crippen LogP contribution in [0.25, 0.3) is 0 Å². The first-order chi connectivity index (χ1) is 21.0. The van der Waals surface area contributed by atoms with Gasteiger partial charge in [-0.2, -0.15) is 9.29 Å². The molecule has 3 N–H and O–H groups in total. The SMILES string of the molecule is CCCCNc1ncc(C(=O)Nc2ccc(S(=O)(=O)N3CCCCC3)cc2)c(NCC2CCCN(C(=O)OC(C)(C)C)C2)n1. The van der Waals surface area contributed by atoms with Gasteiger partial charge in [0.05, 0.1) is 4.90 Å². The Hall–Kier alpha value is -3.45. The maximum Gasteiger partial charge on any atom is 0.410 e. The van der Waals surface area contributed by atoms with Gasteiger partial charge in [-0.3, -0.25) is 4.79 Å². The second-order valence-corrected chi connectivity index (χ2v) is 14.4. The molecule has 2 aromatic rings. The van der Waals surface area contributed by atoms with E-state index in [0.717, 1.165) is 44.9 Å². The summed E-state index contributed by atoms with van der Waals surface area (Å²) in [6, 6.07) is 6.23. The minimum absolute atomic E-state index is 0.146. The Morgan fingerprint density at radius 1 is 1.02 bits per heavy atom. The van der Waals surface area contributed by atoms with Crippen molar-refractivity contribution in [2.24, 2.45) is 5.92 Å². The van der Waals surface area contributed by atoms with Crippen molar-refractivity contribution >= 4 is 39.5 Å². The molecule has 4 rings (SSSR count). The topological polar surface area (TPSA) is 146 Å².